The number of nitrogens with two attached hydrogens (primary N) is 1. The molecule has 1 aliphatic rings. The maximum absolute atomic E-state index is 6.24. The van der Waals surface area contributed by atoms with Crippen molar-refractivity contribution < 1.29 is 4.74 Å². The summed E-state index contributed by atoms with van der Waals surface area (Å²) in [6, 6.07) is 6.24. The summed E-state index contributed by atoms with van der Waals surface area (Å²) >= 11 is 3.60. The van der Waals surface area contributed by atoms with Gasteiger partial charge in [0.05, 0.1) is 4.47 Å². The van der Waals surface area contributed by atoms with E-state index in [2.05, 4.69) is 35.0 Å². The van der Waals surface area contributed by atoms with Crippen LogP contribution in [0.1, 0.15) is 57.6 Å². The second kappa shape index (κ2) is 6.76. The van der Waals surface area contributed by atoms with Gasteiger partial charge in [0.2, 0.25) is 0 Å². The summed E-state index contributed by atoms with van der Waals surface area (Å²) in [6.07, 6.45) is 6.70. The molecule has 0 aromatic heterocycles. The maximum Gasteiger partial charge on any atom is 0.133 e. The normalized spacial score (nSPS) is 25.1. The lowest BCUT2D eigenvalue weighted by Gasteiger charge is -2.31. The first-order valence-corrected chi connectivity index (χ1v) is 8.12. The van der Waals surface area contributed by atoms with Crippen LogP contribution < -0.4 is 10.5 Å². The van der Waals surface area contributed by atoms with Crippen LogP contribution in [0.3, 0.4) is 0 Å². The first-order chi connectivity index (χ1) is 9.11. The Morgan fingerprint density at radius 3 is 2.74 bits per heavy atom. The Bertz CT molecular complexity index is 419. The van der Waals surface area contributed by atoms with Gasteiger partial charge in [-0.3, -0.25) is 0 Å². The molecule has 1 aromatic rings. The molecule has 1 saturated carbocycles. The SMILES string of the molecule is CCC1CCCCC1Oc1ccc([C@H](C)N)cc1Br. The maximum atomic E-state index is 6.24. The van der Waals surface area contributed by atoms with Crippen LogP contribution in [0.5, 0.6) is 5.75 Å². The number of hydrogen-bond donors (Lipinski definition) is 1. The predicted molar refractivity (Wildman–Crippen MR) is 83.4 cm³/mol. The third kappa shape index (κ3) is 3.73. The lowest BCUT2D eigenvalue weighted by Crippen LogP contribution is -2.30. The van der Waals surface area contributed by atoms with Crippen LogP contribution in [0.25, 0.3) is 0 Å². The van der Waals surface area contributed by atoms with Crippen molar-refractivity contribution in [3.63, 3.8) is 0 Å². The summed E-state index contributed by atoms with van der Waals surface area (Å²) in [6.45, 7) is 4.26. The summed E-state index contributed by atoms with van der Waals surface area (Å²) in [5.41, 5.74) is 7.03. The molecule has 0 bridgehead atoms. The summed E-state index contributed by atoms with van der Waals surface area (Å²) in [7, 11) is 0. The van der Waals surface area contributed by atoms with Crippen LogP contribution in [0.2, 0.25) is 0 Å². The number of hydrogen-bond acceptors (Lipinski definition) is 2. The van der Waals surface area contributed by atoms with Gasteiger partial charge in [-0.25, -0.2) is 0 Å². The average molecular weight is 326 g/mol. The molecule has 2 N–H and O–H groups in total. The standard InChI is InChI=1S/C16H24BrNO/c1-3-12-6-4-5-7-15(12)19-16-9-8-13(11(2)18)10-14(16)17/h8-12,15H,3-7,18H2,1-2H3/t11-,12?,15?/m0/s1. The topological polar surface area (TPSA) is 35.2 Å². The third-order valence-electron chi connectivity index (χ3n) is 4.12. The molecule has 0 aliphatic heterocycles. The molecule has 3 atom stereocenters. The molecule has 2 nitrogen and oxygen atoms in total. The van der Waals surface area contributed by atoms with Crippen LogP contribution in [-0.4, -0.2) is 6.10 Å². The van der Waals surface area contributed by atoms with Crippen LogP contribution in [0.15, 0.2) is 22.7 Å². The molecule has 2 unspecified atom stereocenters. The fourth-order valence-electron chi connectivity index (χ4n) is 2.85. The van der Waals surface area contributed by atoms with Gasteiger partial charge in [0, 0.05) is 6.04 Å². The zero-order valence-electron chi connectivity index (χ0n) is 11.9. The highest BCUT2D eigenvalue weighted by molar-refractivity contribution is 9.10. The smallest absolute Gasteiger partial charge is 0.133 e. The van der Waals surface area contributed by atoms with Gasteiger partial charge in [-0.15, -0.1) is 0 Å². The molecule has 19 heavy (non-hydrogen) atoms. The Labute approximate surface area is 124 Å². The molecule has 0 heterocycles. The van der Waals surface area contributed by atoms with Gasteiger partial charge in [0.25, 0.3) is 0 Å². The molecule has 106 valence electrons. The molecular weight excluding hydrogens is 302 g/mol. The first kappa shape index (κ1) is 14.9. The summed E-state index contributed by atoms with van der Waals surface area (Å²) in [5, 5.41) is 0. The molecule has 0 spiro atoms. The van der Waals surface area contributed by atoms with Crippen LogP contribution in [0, 0.1) is 5.92 Å². The van der Waals surface area contributed by atoms with Gasteiger partial charge in [-0.1, -0.05) is 19.4 Å². The number of benzene rings is 1. The van der Waals surface area contributed by atoms with E-state index < -0.39 is 0 Å². The molecular formula is C16H24BrNO. The zero-order chi connectivity index (χ0) is 13.8. The van der Waals surface area contributed by atoms with E-state index in [4.69, 9.17) is 10.5 Å². The first-order valence-electron chi connectivity index (χ1n) is 7.33. The van der Waals surface area contributed by atoms with Crippen molar-refractivity contribution in [1.82, 2.24) is 0 Å². The molecule has 1 aliphatic carbocycles. The van der Waals surface area contributed by atoms with E-state index in [1.807, 2.05) is 13.0 Å². The van der Waals surface area contributed by atoms with E-state index in [1.54, 1.807) is 0 Å². The Morgan fingerprint density at radius 1 is 1.37 bits per heavy atom. The van der Waals surface area contributed by atoms with Gasteiger partial charge in [-0.05, 0) is 72.2 Å². The largest absolute Gasteiger partial charge is 0.489 e. The van der Waals surface area contributed by atoms with Gasteiger partial charge in [-0.2, -0.15) is 0 Å². The van der Waals surface area contributed by atoms with Gasteiger partial charge >= 0.3 is 0 Å². The van der Waals surface area contributed by atoms with Crippen molar-refractivity contribution in [2.24, 2.45) is 11.7 Å². The fourth-order valence-corrected chi connectivity index (χ4v) is 3.34. The van der Waals surface area contributed by atoms with Crippen molar-refractivity contribution in [2.45, 2.75) is 58.1 Å². The summed E-state index contributed by atoms with van der Waals surface area (Å²) < 4.78 is 7.25. The molecule has 0 amide bonds. The van der Waals surface area contributed by atoms with E-state index in [0.29, 0.717) is 12.0 Å². The minimum atomic E-state index is 0.0587. The molecule has 1 fully saturated rings. The van der Waals surface area contributed by atoms with Crippen LogP contribution >= 0.6 is 15.9 Å². The lowest BCUT2D eigenvalue weighted by atomic mass is 9.85. The monoisotopic (exact) mass is 325 g/mol. The van der Waals surface area contributed by atoms with Crippen molar-refractivity contribution >= 4 is 15.9 Å². The Kier molecular flexibility index (Phi) is 5.28. The van der Waals surface area contributed by atoms with Gasteiger partial charge in [0.1, 0.15) is 11.9 Å². The van der Waals surface area contributed by atoms with Crippen molar-refractivity contribution in [3.8, 4) is 5.75 Å². The van der Waals surface area contributed by atoms with Crippen molar-refractivity contribution in [2.75, 3.05) is 0 Å². The highest BCUT2D eigenvalue weighted by atomic mass is 79.9. The molecule has 0 saturated heterocycles. The summed E-state index contributed by atoms with van der Waals surface area (Å²) in [4.78, 5) is 0. The lowest BCUT2D eigenvalue weighted by molar-refractivity contribution is 0.0896. The number of ether oxygens (including phenoxy) is 1. The van der Waals surface area contributed by atoms with Crippen LogP contribution in [-0.2, 0) is 0 Å². The Morgan fingerprint density at radius 2 is 2.11 bits per heavy atom. The fraction of sp³-hybridized carbons (Fsp3) is 0.625. The third-order valence-corrected chi connectivity index (χ3v) is 4.74. The zero-order valence-corrected chi connectivity index (χ0v) is 13.4. The van der Waals surface area contributed by atoms with Gasteiger partial charge < -0.3 is 10.5 Å². The second-order valence-electron chi connectivity index (χ2n) is 5.59. The van der Waals surface area contributed by atoms with Crippen molar-refractivity contribution in [3.05, 3.63) is 28.2 Å². The van der Waals surface area contributed by atoms with E-state index >= 15 is 0 Å². The quantitative estimate of drug-likeness (QED) is 0.861. The Balaban J connectivity index is 2.09. The van der Waals surface area contributed by atoms with E-state index in [9.17, 15) is 0 Å². The minimum Gasteiger partial charge on any atom is -0.489 e. The number of rotatable bonds is 4. The van der Waals surface area contributed by atoms with Crippen LogP contribution in [0.4, 0.5) is 0 Å². The van der Waals surface area contributed by atoms with E-state index in [1.165, 1.54) is 32.1 Å². The molecule has 2 rings (SSSR count). The molecule has 1 aromatic carbocycles. The van der Waals surface area contributed by atoms with Crippen molar-refractivity contribution in [1.29, 1.82) is 0 Å². The second-order valence-corrected chi connectivity index (χ2v) is 6.44. The van der Waals surface area contributed by atoms with Gasteiger partial charge in [0.15, 0.2) is 0 Å². The molecule has 3 heteroatoms. The average Bonchev–Trinajstić information content (AvgIpc) is 2.41. The number of halogens is 1. The predicted octanol–water partition coefficient (Wildman–Crippen LogP) is 4.82. The highest BCUT2D eigenvalue weighted by Crippen LogP contribution is 2.34. The molecule has 0 radical (unpaired) electrons. The summed E-state index contributed by atoms with van der Waals surface area (Å²) in [5.74, 6) is 1.66. The van der Waals surface area contributed by atoms with E-state index in [-0.39, 0.29) is 6.04 Å². The van der Waals surface area contributed by atoms with E-state index in [0.717, 1.165) is 15.8 Å². The minimum absolute atomic E-state index is 0.0587. The Hall–Kier alpha value is -0.540. The highest BCUT2D eigenvalue weighted by Gasteiger charge is 2.25.